The van der Waals surface area contributed by atoms with E-state index in [0.29, 0.717) is 26.4 Å². The molecule has 5 nitrogen and oxygen atoms in total. The summed E-state index contributed by atoms with van der Waals surface area (Å²) in [5.74, 6) is 0. The Morgan fingerprint density at radius 1 is 1.38 bits per heavy atom. The minimum atomic E-state index is 0.213. The first kappa shape index (κ1) is 8.86. The fourth-order valence-corrected chi connectivity index (χ4v) is 1.63. The fraction of sp³-hybridized carbons (Fsp3) is 0.714. The van der Waals surface area contributed by atoms with Gasteiger partial charge in [0.2, 0.25) is 0 Å². The van der Waals surface area contributed by atoms with Gasteiger partial charge in [0.15, 0.2) is 0 Å². The third-order valence-corrected chi connectivity index (χ3v) is 2.31. The highest BCUT2D eigenvalue weighted by molar-refractivity contribution is 7.09. The van der Waals surface area contributed by atoms with E-state index in [1.165, 1.54) is 11.5 Å². The summed E-state index contributed by atoms with van der Waals surface area (Å²) in [7, 11) is 0. The molecule has 2 rings (SSSR count). The van der Waals surface area contributed by atoms with Gasteiger partial charge >= 0.3 is 0 Å². The lowest BCUT2D eigenvalue weighted by molar-refractivity contribution is 0.103. The molecule has 0 radical (unpaired) electrons. The van der Waals surface area contributed by atoms with Crippen LogP contribution in [0.4, 0.5) is 5.00 Å². The van der Waals surface area contributed by atoms with Crippen LogP contribution >= 0.6 is 11.5 Å². The molecule has 0 amide bonds. The van der Waals surface area contributed by atoms with E-state index >= 15 is 0 Å². The van der Waals surface area contributed by atoms with Gasteiger partial charge in [-0.25, -0.2) is 0 Å². The van der Waals surface area contributed by atoms with E-state index in [4.69, 9.17) is 9.47 Å². The van der Waals surface area contributed by atoms with Crippen LogP contribution in [0.1, 0.15) is 0 Å². The second-order valence-electron chi connectivity index (χ2n) is 2.77. The largest absolute Gasteiger partial charge is 0.377 e. The summed E-state index contributed by atoms with van der Waals surface area (Å²) >= 11 is 1.34. The predicted octanol–water partition coefficient (Wildman–Crippen LogP) is 0.365. The normalized spacial score (nSPS) is 19.7. The minimum absolute atomic E-state index is 0.213. The Bertz CT molecular complexity index is 234. The molecule has 0 spiro atoms. The zero-order valence-corrected chi connectivity index (χ0v) is 7.92. The van der Waals surface area contributed by atoms with Crippen molar-refractivity contribution in [2.75, 3.05) is 31.7 Å². The van der Waals surface area contributed by atoms with Crippen molar-refractivity contribution in [3.8, 4) is 0 Å². The molecule has 0 aliphatic carbocycles. The highest BCUT2D eigenvalue weighted by Crippen LogP contribution is 2.11. The summed E-state index contributed by atoms with van der Waals surface area (Å²) in [6.07, 6.45) is 1.70. The molecule has 6 heteroatoms. The molecule has 72 valence electrons. The molecule has 13 heavy (non-hydrogen) atoms. The van der Waals surface area contributed by atoms with Crippen LogP contribution < -0.4 is 5.32 Å². The zero-order valence-electron chi connectivity index (χ0n) is 7.10. The van der Waals surface area contributed by atoms with Crippen molar-refractivity contribution >= 4 is 16.5 Å². The van der Waals surface area contributed by atoms with Crippen LogP contribution in [0, 0.1) is 0 Å². The van der Waals surface area contributed by atoms with Gasteiger partial charge < -0.3 is 14.8 Å². The number of nitrogens with zero attached hydrogens (tertiary/aromatic N) is 2. The number of anilines is 1. The molecule has 0 saturated carbocycles. The zero-order chi connectivity index (χ0) is 8.93. The number of nitrogens with one attached hydrogen (secondary N) is 1. The number of ether oxygens (including phenoxy) is 2. The second-order valence-corrected chi connectivity index (χ2v) is 3.56. The first-order chi connectivity index (χ1) is 6.45. The number of hydrogen-bond donors (Lipinski definition) is 1. The maximum Gasteiger partial charge on any atom is 0.130 e. The van der Waals surface area contributed by atoms with Crippen molar-refractivity contribution in [3.05, 3.63) is 6.20 Å². The predicted molar refractivity (Wildman–Crippen MR) is 49.0 cm³/mol. The van der Waals surface area contributed by atoms with Crippen molar-refractivity contribution in [3.63, 3.8) is 0 Å². The van der Waals surface area contributed by atoms with Crippen LogP contribution in [0.5, 0.6) is 0 Å². The lowest BCUT2D eigenvalue weighted by atomic mass is 10.3. The van der Waals surface area contributed by atoms with Crippen molar-refractivity contribution in [1.29, 1.82) is 0 Å². The Kier molecular flexibility index (Phi) is 3.07. The van der Waals surface area contributed by atoms with Crippen LogP contribution in [-0.2, 0) is 9.47 Å². The van der Waals surface area contributed by atoms with E-state index in [2.05, 4.69) is 14.9 Å². The molecule has 1 fully saturated rings. The Morgan fingerprint density at radius 2 is 2.15 bits per heavy atom. The molecular weight excluding hydrogens is 190 g/mol. The van der Waals surface area contributed by atoms with Crippen LogP contribution in [0.15, 0.2) is 6.20 Å². The first-order valence-corrected chi connectivity index (χ1v) is 4.92. The van der Waals surface area contributed by atoms with Crippen molar-refractivity contribution < 1.29 is 9.47 Å². The lowest BCUT2D eigenvalue weighted by Crippen LogP contribution is -2.27. The molecule has 1 saturated heterocycles. The van der Waals surface area contributed by atoms with Gasteiger partial charge in [0, 0.05) is 11.5 Å². The van der Waals surface area contributed by atoms with Gasteiger partial charge in [0.05, 0.1) is 38.7 Å². The third-order valence-electron chi connectivity index (χ3n) is 1.72. The average molecular weight is 201 g/mol. The average Bonchev–Trinajstić information content (AvgIpc) is 2.49. The molecule has 2 heterocycles. The van der Waals surface area contributed by atoms with Gasteiger partial charge in [0.1, 0.15) is 5.00 Å². The van der Waals surface area contributed by atoms with E-state index in [0.717, 1.165) is 5.00 Å². The van der Waals surface area contributed by atoms with Crippen LogP contribution in [0.2, 0.25) is 0 Å². The summed E-state index contributed by atoms with van der Waals surface area (Å²) in [4.78, 5) is 0. The van der Waals surface area contributed by atoms with Crippen LogP contribution in [-0.4, -0.2) is 42.1 Å². The lowest BCUT2D eigenvalue weighted by Gasteiger charge is -2.13. The summed E-state index contributed by atoms with van der Waals surface area (Å²) in [5, 5.41) is 7.94. The van der Waals surface area contributed by atoms with Gasteiger partial charge in [-0.05, 0) is 0 Å². The van der Waals surface area contributed by atoms with Crippen LogP contribution in [0.3, 0.4) is 0 Å². The van der Waals surface area contributed by atoms with E-state index in [-0.39, 0.29) is 6.04 Å². The molecule has 1 N–H and O–H groups in total. The minimum Gasteiger partial charge on any atom is -0.377 e. The highest BCUT2D eigenvalue weighted by Gasteiger charge is 2.13. The summed E-state index contributed by atoms with van der Waals surface area (Å²) < 4.78 is 14.4. The molecule has 0 atom stereocenters. The van der Waals surface area contributed by atoms with Gasteiger partial charge in [-0.2, -0.15) is 0 Å². The smallest absolute Gasteiger partial charge is 0.130 e. The van der Waals surface area contributed by atoms with Gasteiger partial charge in [0.25, 0.3) is 0 Å². The van der Waals surface area contributed by atoms with E-state index in [1.54, 1.807) is 6.20 Å². The van der Waals surface area contributed by atoms with E-state index in [9.17, 15) is 0 Å². The van der Waals surface area contributed by atoms with Gasteiger partial charge in [-0.3, -0.25) is 0 Å². The molecule has 0 bridgehead atoms. The van der Waals surface area contributed by atoms with Crippen LogP contribution in [0.25, 0.3) is 0 Å². The van der Waals surface area contributed by atoms with Crippen molar-refractivity contribution in [1.82, 2.24) is 9.59 Å². The molecule has 0 unspecified atom stereocenters. The Hall–Kier alpha value is -0.720. The quantitative estimate of drug-likeness (QED) is 0.749. The topological polar surface area (TPSA) is 56.3 Å². The van der Waals surface area contributed by atoms with Crippen molar-refractivity contribution in [2.24, 2.45) is 0 Å². The standard InChI is InChI=1S/C7H11N3O2S/c1-2-12-5-6(4-11-1)9-7-3-8-10-13-7/h3,6,9H,1-2,4-5H2. The molecule has 1 aliphatic rings. The van der Waals surface area contributed by atoms with Gasteiger partial charge in [-0.15, -0.1) is 5.10 Å². The molecule has 1 aromatic rings. The summed E-state index contributed by atoms with van der Waals surface area (Å²) in [6.45, 7) is 2.72. The SMILES string of the molecule is c1nnsc1NC1COCCOC1. The molecule has 1 aliphatic heterocycles. The fourth-order valence-electron chi connectivity index (χ4n) is 1.13. The van der Waals surface area contributed by atoms with E-state index in [1.807, 2.05) is 0 Å². The Balaban J connectivity index is 1.86. The number of rotatable bonds is 2. The maximum atomic E-state index is 5.33. The second kappa shape index (κ2) is 4.50. The van der Waals surface area contributed by atoms with Crippen molar-refractivity contribution in [2.45, 2.75) is 6.04 Å². The molecular formula is C7H11N3O2S. The molecule has 0 aromatic carbocycles. The number of aromatic nitrogens is 2. The highest BCUT2D eigenvalue weighted by atomic mass is 32.1. The van der Waals surface area contributed by atoms with E-state index < -0.39 is 0 Å². The molecule has 1 aromatic heterocycles. The maximum absolute atomic E-state index is 5.33. The Morgan fingerprint density at radius 3 is 2.77 bits per heavy atom. The van der Waals surface area contributed by atoms with Gasteiger partial charge in [-0.1, -0.05) is 4.49 Å². The monoisotopic (exact) mass is 201 g/mol. The summed E-state index contributed by atoms with van der Waals surface area (Å²) in [6, 6.07) is 0.213. The number of hydrogen-bond acceptors (Lipinski definition) is 6. The Labute approximate surface area is 80.2 Å². The third kappa shape index (κ3) is 2.61. The summed E-state index contributed by atoms with van der Waals surface area (Å²) in [5.41, 5.74) is 0. The first-order valence-electron chi connectivity index (χ1n) is 4.14.